The van der Waals surface area contributed by atoms with E-state index in [1.54, 1.807) is 0 Å². The molecule has 0 aromatic heterocycles. The smallest absolute Gasteiger partial charge is 0.211 e. The van der Waals surface area contributed by atoms with Gasteiger partial charge in [-0.15, -0.1) is 0 Å². The van der Waals surface area contributed by atoms with Gasteiger partial charge in [-0.25, -0.2) is 13.1 Å². The summed E-state index contributed by atoms with van der Waals surface area (Å²) in [5, 5.41) is 3.31. The zero-order valence-electron chi connectivity index (χ0n) is 8.33. The lowest BCUT2D eigenvalue weighted by Crippen LogP contribution is -2.30. The highest BCUT2D eigenvalue weighted by Gasteiger charge is 2.26. The van der Waals surface area contributed by atoms with Crippen LogP contribution in [0.2, 0.25) is 0 Å². The Labute approximate surface area is 85.5 Å². The Morgan fingerprint density at radius 1 is 1.07 bits per heavy atom. The maximum Gasteiger partial charge on any atom is 0.211 e. The van der Waals surface area contributed by atoms with Gasteiger partial charge in [0.25, 0.3) is 0 Å². The van der Waals surface area contributed by atoms with Crippen LogP contribution in [-0.2, 0) is 10.0 Å². The van der Waals surface area contributed by atoms with E-state index in [9.17, 15) is 8.42 Å². The molecular weight excluding hydrogens is 200 g/mol. The van der Waals surface area contributed by atoms with Crippen LogP contribution in [0.3, 0.4) is 0 Å². The van der Waals surface area contributed by atoms with Gasteiger partial charge in [-0.2, -0.15) is 0 Å². The first-order chi connectivity index (χ1) is 6.66. The average molecular weight is 218 g/mol. The molecule has 0 aromatic carbocycles. The third-order valence-electron chi connectivity index (χ3n) is 2.52. The van der Waals surface area contributed by atoms with Crippen LogP contribution in [0.5, 0.6) is 0 Å². The molecule has 14 heavy (non-hydrogen) atoms. The van der Waals surface area contributed by atoms with E-state index in [2.05, 4.69) is 10.0 Å². The third-order valence-corrected chi connectivity index (χ3v) is 4.04. The minimum atomic E-state index is -2.99. The summed E-state index contributed by atoms with van der Waals surface area (Å²) in [6.07, 6.45) is 5.26. The van der Waals surface area contributed by atoms with Gasteiger partial charge < -0.3 is 5.32 Å². The van der Waals surface area contributed by atoms with Gasteiger partial charge in [0, 0.05) is 12.1 Å². The molecule has 0 spiro atoms. The molecule has 0 bridgehead atoms. The van der Waals surface area contributed by atoms with Crippen LogP contribution < -0.4 is 10.0 Å². The van der Waals surface area contributed by atoms with E-state index >= 15 is 0 Å². The Kier molecular flexibility index (Phi) is 3.09. The van der Waals surface area contributed by atoms with Crippen molar-refractivity contribution in [2.24, 2.45) is 0 Å². The number of hydrogen-bond acceptors (Lipinski definition) is 3. The quantitative estimate of drug-likeness (QED) is 0.601. The molecule has 0 unspecified atom stereocenters. The summed E-state index contributed by atoms with van der Waals surface area (Å²) in [6, 6.07) is 0.922. The summed E-state index contributed by atoms with van der Waals surface area (Å²) in [5.41, 5.74) is 0. The van der Waals surface area contributed by atoms with E-state index in [1.165, 1.54) is 12.8 Å². The number of rotatable bonds is 7. The molecule has 82 valence electrons. The van der Waals surface area contributed by atoms with Crippen molar-refractivity contribution in [1.82, 2.24) is 10.0 Å². The fraction of sp³-hybridized carbons (Fsp3) is 1.00. The molecular formula is C9H18N2O2S. The van der Waals surface area contributed by atoms with Gasteiger partial charge in [0.2, 0.25) is 10.0 Å². The normalized spacial score (nSPS) is 22.6. The van der Waals surface area contributed by atoms with Crippen LogP contribution in [-0.4, -0.2) is 32.8 Å². The first kappa shape index (κ1) is 10.4. The maximum atomic E-state index is 11.4. The maximum absolute atomic E-state index is 11.4. The number of sulfonamides is 1. The molecule has 2 rings (SSSR count). The van der Waals surface area contributed by atoms with Crippen LogP contribution in [0.1, 0.15) is 32.1 Å². The molecule has 0 atom stereocenters. The predicted octanol–water partition coefficient (Wildman–Crippen LogP) is 0.210. The van der Waals surface area contributed by atoms with E-state index < -0.39 is 10.0 Å². The minimum absolute atomic E-state index is 0.247. The van der Waals surface area contributed by atoms with Crippen molar-refractivity contribution in [2.45, 2.75) is 44.2 Å². The van der Waals surface area contributed by atoms with Crippen molar-refractivity contribution in [1.29, 1.82) is 0 Å². The summed E-state index contributed by atoms with van der Waals surface area (Å²) < 4.78 is 25.5. The van der Waals surface area contributed by atoms with Gasteiger partial charge in [0.1, 0.15) is 0 Å². The molecule has 2 aliphatic carbocycles. The van der Waals surface area contributed by atoms with Gasteiger partial charge in [-0.1, -0.05) is 0 Å². The van der Waals surface area contributed by atoms with Crippen LogP contribution in [0, 0.1) is 0 Å². The molecule has 0 saturated heterocycles. The van der Waals surface area contributed by atoms with Crippen molar-refractivity contribution in [3.8, 4) is 0 Å². The molecule has 0 radical (unpaired) electrons. The van der Waals surface area contributed by atoms with Gasteiger partial charge in [0.15, 0.2) is 0 Å². The molecule has 2 aliphatic rings. The lowest BCUT2D eigenvalue weighted by Gasteiger charge is -2.05. The van der Waals surface area contributed by atoms with Crippen molar-refractivity contribution in [3.63, 3.8) is 0 Å². The van der Waals surface area contributed by atoms with Gasteiger partial charge in [-0.3, -0.25) is 0 Å². The largest absolute Gasteiger partial charge is 0.314 e. The zero-order valence-corrected chi connectivity index (χ0v) is 9.15. The Bertz CT molecular complexity index is 281. The number of hydrogen-bond donors (Lipinski definition) is 2. The van der Waals surface area contributed by atoms with Gasteiger partial charge in [-0.05, 0) is 38.6 Å². The summed E-state index contributed by atoms with van der Waals surface area (Å²) in [7, 11) is -2.99. The molecule has 2 saturated carbocycles. The Morgan fingerprint density at radius 3 is 2.29 bits per heavy atom. The highest BCUT2D eigenvalue weighted by Crippen LogP contribution is 2.20. The molecule has 5 heteroatoms. The van der Waals surface area contributed by atoms with E-state index in [0.29, 0.717) is 6.04 Å². The van der Waals surface area contributed by atoms with Crippen LogP contribution in [0.15, 0.2) is 0 Å². The van der Waals surface area contributed by atoms with E-state index in [1.807, 2.05) is 0 Å². The molecule has 2 fully saturated rings. The monoisotopic (exact) mass is 218 g/mol. The first-order valence-electron chi connectivity index (χ1n) is 5.39. The van der Waals surface area contributed by atoms with Crippen LogP contribution in [0.4, 0.5) is 0 Å². The summed E-state index contributed by atoms with van der Waals surface area (Å²) in [6.45, 7) is 0.830. The van der Waals surface area contributed by atoms with Crippen molar-refractivity contribution >= 4 is 10.0 Å². The minimum Gasteiger partial charge on any atom is -0.314 e. The molecule has 0 amide bonds. The molecule has 0 heterocycles. The standard InChI is InChI=1S/C9H18N2O2S/c12-14(13,11-9-4-5-9)7-1-6-10-8-2-3-8/h8-11H,1-7H2. The summed E-state index contributed by atoms with van der Waals surface area (Å²) >= 11 is 0. The van der Waals surface area contributed by atoms with Crippen LogP contribution >= 0.6 is 0 Å². The fourth-order valence-electron chi connectivity index (χ4n) is 1.37. The van der Waals surface area contributed by atoms with Crippen molar-refractivity contribution in [3.05, 3.63) is 0 Å². The Hall–Kier alpha value is -0.130. The fourth-order valence-corrected chi connectivity index (χ4v) is 2.76. The topological polar surface area (TPSA) is 58.2 Å². The lowest BCUT2D eigenvalue weighted by atomic mass is 10.5. The first-order valence-corrected chi connectivity index (χ1v) is 7.04. The predicted molar refractivity (Wildman–Crippen MR) is 55.6 cm³/mol. The second kappa shape index (κ2) is 4.16. The Balaban J connectivity index is 1.57. The molecule has 4 nitrogen and oxygen atoms in total. The third kappa shape index (κ3) is 3.94. The molecule has 0 aliphatic heterocycles. The van der Waals surface area contributed by atoms with Gasteiger partial charge in [0.05, 0.1) is 5.75 Å². The molecule has 2 N–H and O–H groups in total. The van der Waals surface area contributed by atoms with E-state index in [4.69, 9.17) is 0 Å². The lowest BCUT2D eigenvalue weighted by molar-refractivity contribution is 0.574. The summed E-state index contributed by atoms with van der Waals surface area (Å²) in [5.74, 6) is 0.267. The van der Waals surface area contributed by atoms with E-state index in [0.717, 1.165) is 25.8 Å². The Morgan fingerprint density at radius 2 is 1.71 bits per heavy atom. The zero-order chi connectivity index (χ0) is 10.0. The SMILES string of the molecule is O=S(=O)(CCCNC1CC1)NC1CC1. The molecule has 0 aromatic rings. The van der Waals surface area contributed by atoms with Crippen LogP contribution in [0.25, 0.3) is 0 Å². The number of nitrogens with one attached hydrogen (secondary N) is 2. The van der Waals surface area contributed by atoms with Crippen molar-refractivity contribution < 1.29 is 8.42 Å². The highest BCUT2D eigenvalue weighted by molar-refractivity contribution is 7.89. The second-order valence-electron chi connectivity index (χ2n) is 4.29. The highest BCUT2D eigenvalue weighted by atomic mass is 32.2. The summed E-state index contributed by atoms with van der Waals surface area (Å²) in [4.78, 5) is 0. The van der Waals surface area contributed by atoms with Gasteiger partial charge >= 0.3 is 0 Å². The average Bonchev–Trinajstić information content (AvgIpc) is 2.91. The van der Waals surface area contributed by atoms with E-state index in [-0.39, 0.29) is 11.8 Å². The second-order valence-corrected chi connectivity index (χ2v) is 6.17. The van der Waals surface area contributed by atoms with Crippen molar-refractivity contribution in [2.75, 3.05) is 12.3 Å².